The van der Waals surface area contributed by atoms with E-state index in [1.807, 2.05) is 25.3 Å². The van der Waals surface area contributed by atoms with Gasteiger partial charge in [0.25, 0.3) is 0 Å². The number of aromatic nitrogens is 2. The molecule has 2 aromatic heterocycles. The molecule has 2 rings (SSSR count). The van der Waals surface area contributed by atoms with Crippen LogP contribution < -0.4 is 0 Å². The van der Waals surface area contributed by atoms with E-state index < -0.39 is 0 Å². The first-order valence-corrected chi connectivity index (χ1v) is 6.07. The van der Waals surface area contributed by atoms with Crippen LogP contribution in [-0.4, -0.2) is 9.97 Å². The highest BCUT2D eigenvalue weighted by Gasteiger charge is 2.10. The minimum absolute atomic E-state index is 0.641. The van der Waals surface area contributed by atoms with Crippen LogP contribution in [0.15, 0.2) is 11.4 Å². The second-order valence-corrected chi connectivity index (χ2v) is 4.95. The first kappa shape index (κ1) is 10.8. The Hall–Kier alpha value is -0.710. The minimum Gasteiger partial charge on any atom is -0.347 e. The van der Waals surface area contributed by atoms with Gasteiger partial charge >= 0.3 is 0 Å². The molecule has 0 aliphatic heterocycles. The van der Waals surface area contributed by atoms with E-state index in [1.165, 1.54) is 0 Å². The molecule has 2 aromatic rings. The summed E-state index contributed by atoms with van der Waals surface area (Å²) in [6, 6.07) is 1.85. The SMILES string of the molecule is Cc1nc(-c2sccc2Cl)c(=S)[nH]c1C. The molecule has 1 N–H and O–H groups in total. The molecule has 15 heavy (non-hydrogen) atoms. The summed E-state index contributed by atoms with van der Waals surface area (Å²) in [4.78, 5) is 8.52. The number of aryl methyl sites for hydroxylation is 2. The summed E-state index contributed by atoms with van der Waals surface area (Å²) in [7, 11) is 0. The highest BCUT2D eigenvalue weighted by atomic mass is 35.5. The first-order chi connectivity index (χ1) is 7.09. The molecule has 0 saturated carbocycles. The van der Waals surface area contributed by atoms with Crippen LogP contribution in [0.3, 0.4) is 0 Å². The molecule has 0 saturated heterocycles. The number of H-pyrrole nitrogens is 1. The Kier molecular flexibility index (Phi) is 2.91. The molecule has 78 valence electrons. The lowest BCUT2D eigenvalue weighted by Gasteiger charge is -2.03. The number of nitrogens with zero attached hydrogens (tertiary/aromatic N) is 1. The molecule has 0 aromatic carbocycles. The van der Waals surface area contributed by atoms with Crippen LogP contribution in [0.4, 0.5) is 0 Å². The Morgan fingerprint density at radius 3 is 2.80 bits per heavy atom. The topological polar surface area (TPSA) is 28.7 Å². The minimum atomic E-state index is 0.641. The smallest absolute Gasteiger partial charge is 0.131 e. The van der Waals surface area contributed by atoms with Gasteiger partial charge in [-0.1, -0.05) is 23.8 Å². The van der Waals surface area contributed by atoms with Crippen molar-refractivity contribution in [2.45, 2.75) is 13.8 Å². The summed E-state index contributed by atoms with van der Waals surface area (Å²) in [5.41, 5.74) is 2.72. The fraction of sp³-hybridized carbons (Fsp3) is 0.200. The quantitative estimate of drug-likeness (QED) is 0.777. The Morgan fingerprint density at radius 1 is 1.47 bits per heavy atom. The summed E-state index contributed by atoms with van der Waals surface area (Å²) < 4.78 is 0.641. The predicted octanol–water partition coefficient (Wildman–Crippen LogP) is 4.14. The molecule has 2 heterocycles. The molecule has 2 nitrogen and oxygen atoms in total. The zero-order valence-corrected chi connectivity index (χ0v) is 10.7. The maximum atomic E-state index is 6.05. The Labute approximate surface area is 102 Å². The molecule has 0 atom stereocenters. The van der Waals surface area contributed by atoms with Gasteiger partial charge in [-0.05, 0) is 25.3 Å². The lowest BCUT2D eigenvalue weighted by Crippen LogP contribution is -1.95. The van der Waals surface area contributed by atoms with E-state index in [9.17, 15) is 0 Å². The molecule has 0 amide bonds. The molecule has 0 aliphatic rings. The third-order valence-corrected chi connectivity index (χ3v) is 3.81. The molecule has 5 heteroatoms. The lowest BCUT2D eigenvalue weighted by molar-refractivity contribution is 1.04. The average molecular weight is 257 g/mol. The third kappa shape index (κ3) is 1.97. The second kappa shape index (κ2) is 4.04. The zero-order chi connectivity index (χ0) is 11.0. The number of aromatic amines is 1. The Morgan fingerprint density at radius 2 is 2.20 bits per heavy atom. The number of hydrogen-bond donors (Lipinski definition) is 1. The van der Waals surface area contributed by atoms with E-state index >= 15 is 0 Å². The molecule has 0 radical (unpaired) electrons. The molecular weight excluding hydrogens is 248 g/mol. The Balaban J connectivity index is 2.69. The van der Waals surface area contributed by atoms with Crippen molar-refractivity contribution in [3.05, 3.63) is 32.5 Å². The van der Waals surface area contributed by atoms with Gasteiger partial charge in [-0.2, -0.15) is 0 Å². The monoisotopic (exact) mass is 256 g/mol. The van der Waals surface area contributed by atoms with Crippen molar-refractivity contribution in [1.82, 2.24) is 9.97 Å². The number of hydrogen-bond acceptors (Lipinski definition) is 3. The van der Waals surface area contributed by atoms with Crippen LogP contribution in [0.25, 0.3) is 10.6 Å². The first-order valence-electron chi connectivity index (χ1n) is 4.40. The van der Waals surface area contributed by atoms with Gasteiger partial charge < -0.3 is 4.98 Å². The highest BCUT2D eigenvalue weighted by molar-refractivity contribution is 7.71. The van der Waals surface area contributed by atoms with E-state index in [2.05, 4.69) is 9.97 Å². The summed E-state index contributed by atoms with van der Waals surface area (Å²) in [6.07, 6.45) is 0. The molecule has 0 bridgehead atoms. The van der Waals surface area contributed by atoms with Crippen LogP contribution >= 0.6 is 35.2 Å². The van der Waals surface area contributed by atoms with Gasteiger partial charge in [0.2, 0.25) is 0 Å². The molecule has 0 spiro atoms. The van der Waals surface area contributed by atoms with Gasteiger partial charge in [0.15, 0.2) is 0 Å². The normalized spacial score (nSPS) is 10.6. The van der Waals surface area contributed by atoms with E-state index in [0.717, 1.165) is 22.0 Å². The van der Waals surface area contributed by atoms with Crippen molar-refractivity contribution in [3.63, 3.8) is 0 Å². The van der Waals surface area contributed by atoms with E-state index in [0.29, 0.717) is 9.66 Å². The zero-order valence-electron chi connectivity index (χ0n) is 8.30. The van der Waals surface area contributed by atoms with Crippen LogP contribution in [-0.2, 0) is 0 Å². The highest BCUT2D eigenvalue weighted by Crippen LogP contribution is 2.32. The fourth-order valence-electron chi connectivity index (χ4n) is 1.24. The van der Waals surface area contributed by atoms with Crippen LogP contribution in [0, 0.1) is 18.5 Å². The van der Waals surface area contributed by atoms with Crippen molar-refractivity contribution in [1.29, 1.82) is 0 Å². The Bertz CT molecular complexity index is 557. The largest absolute Gasteiger partial charge is 0.347 e. The number of nitrogens with one attached hydrogen (secondary N) is 1. The van der Waals surface area contributed by atoms with Crippen molar-refractivity contribution in [3.8, 4) is 10.6 Å². The van der Waals surface area contributed by atoms with Crippen LogP contribution in [0.2, 0.25) is 5.02 Å². The van der Waals surface area contributed by atoms with Crippen molar-refractivity contribution in [2.75, 3.05) is 0 Å². The second-order valence-electron chi connectivity index (χ2n) is 3.22. The fourth-order valence-corrected chi connectivity index (χ4v) is 2.75. The summed E-state index contributed by atoms with van der Waals surface area (Å²) in [5, 5.41) is 2.64. The summed E-state index contributed by atoms with van der Waals surface area (Å²) in [6.45, 7) is 3.91. The van der Waals surface area contributed by atoms with E-state index in [-0.39, 0.29) is 0 Å². The van der Waals surface area contributed by atoms with Gasteiger partial charge in [-0.25, -0.2) is 4.98 Å². The predicted molar refractivity (Wildman–Crippen MR) is 67.2 cm³/mol. The third-order valence-electron chi connectivity index (χ3n) is 2.17. The van der Waals surface area contributed by atoms with E-state index in [4.69, 9.17) is 23.8 Å². The molecular formula is C10H9ClN2S2. The average Bonchev–Trinajstić information content (AvgIpc) is 2.58. The van der Waals surface area contributed by atoms with Gasteiger partial charge in [0, 0.05) is 5.69 Å². The number of halogens is 1. The van der Waals surface area contributed by atoms with Crippen molar-refractivity contribution in [2.24, 2.45) is 0 Å². The number of rotatable bonds is 1. The summed E-state index contributed by atoms with van der Waals surface area (Å²) >= 11 is 12.8. The van der Waals surface area contributed by atoms with Gasteiger partial charge in [0.1, 0.15) is 10.3 Å². The molecule has 0 unspecified atom stereocenters. The summed E-state index contributed by atoms with van der Waals surface area (Å²) in [5.74, 6) is 0. The van der Waals surface area contributed by atoms with Gasteiger partial charge in [-0.15, -0.1) is 11.3 Å². The maximum Gasteiger partial charge on any atom is 0.131 e. The number of thiophene rings is 1. The molecule has 0 fully saturated rings. The van der Waals surface area contributed by atoms with Crippen molar-refractivity contribution >= 4 is 35.2 Å². The maximum absolute atomic E-state index is 6.05. The standard InChI is InChI=1S/C10H9ClN2S2/c1-5-6(2)13-10(14)8(12-5)9-7(11)3-4-15-9/h3-4H,1-2H3,(H,13,14). The van der Waals surface area contributed by atoms with Crippen LogP contribution in [0.1, 0.15) is 11.4 Å². The van der Waals surface area contributed by atoms with Crippen LogP contribution in [0.5, 0.6) is 0 Å². The lowest BCUT2D eigenvalue weighted by atomic mass is 10.3. The van der Waals surface area contributed by atoms with Gasteiger partial charge in [0.05, 0.1) is 15.6 Å². The molecule has 0 aliphatic carbocycles. The van der Waals surface area contributed by atoms with Crippen molar-refractivity contribution < 1.29 is 0 Å². The van der Waals surface area contributed by atoms with E-state index in [1.54, 1.807) is 11.3 Å². The van der Waals surface area contributed by atoms with Gasteiger partial charge in [-0.3, -0.25) is 0 Å².